The van der Waals surface area contributed by atoms with Crippen LogP contribution in [0.15, 0.2) is 24.3 Å². The van der Waals surface area contributed by atoms with Crippen molar-refractivity contribution >= 4 is 32.5 Å². The molecule has 2 aromatic rings. The third kappa shape index (κ3) is 4.23. The summed E-state index contributed by atoms with van der Waals surface area (Å²) in [4.78, 5) is 17.7. The number of ether oxygens (including phenoxy) is 1. The van der Waals surface area contributed by atoms with Crippen LogP contribution in [0.1, 0.15) is 28.0 Å². The maximum Gasteiger partial charge on any atom is 0.355 e. The van der Waals surface area contributed by atoms with Gasteiger partial charge in [-0.1, -0.05) is 12.1 Å². The Kier molecular flexibility index (Phi) is 5.69. The summed E-state index contributed by atoms with van der Waals surface area (Å²) in [6, 6.07) is 5.75. The topological polar surface area (TPSA) is 91.5 Å². The van der Waals surface area contributed by atoms with Gasteiger partial charge in [-0.15, -0.1) is 0 Å². The second kappa shape index (κ2) is 7.84. The van der Waals surface area contributed by atoms with Crippen LogP contribution in [-0.4, -0.2) is 64.3 Å². The molecule has 0 amide bonds. The van der Waals surface area contributed by atoms with Crippen molar-refractivity contribution in [2.24, 2.45) is 0 Å². The maximum atomic E-state index is 12.3. The van der Waals surface area contributed by atoms with Crippen LogP contribution in [0, 0.1) is 0 Å². The van der Waals surface area contributed by atoms with Gasteiger partial charge in [-0.25, -0.2) is 17.9 Å². The van der Waals surface area contributed by atoms with E-state index in [9.17, 15) is 13.2 Å². The number of esters is 1. The lowest BCUT2D eigenvalue weighted by atomic mass is 9.95. The molecule has 0 radical (unpaired) electrons. The average Bonchev–Trinajstić information content (AvgIpc) is 3.05. The number of hydrogen-bond donors (Lipinski definition) is 2. The molecular weight excluding hydrogens is 366 g/mol. The van der Waals surface area contributed by atoms with E-state index in [1.807, 2.05) is 18.2 Å². The first-order chi connectivity index (χ1) is 12.8. The number of likely N-dealkylation sites (N-methyl/N-ethyl adjacent to an activating group) is 1. The number of methoxy groups -OCH3 is 1. The van der Waals surface area contributed by atoms with Crippen LogP contribution in [0.5, 0.6) is 0 Å². The lowest BCUT2D eigenvalue weighted by Crippen LogP contribution is -2.24. The van der Waals surface area contributed by atoms with Crippen LogP contribution >= 0.6 is 0 Å². The van der Waals surface area contributed by atoms with Gasteiger partial charge in [0.1, 0.15) is 5.69 Å². The van der Waals surface area contributed by atoms with Crippen molar-refractivity contribution in [2.45, 2.75) is 12.8 Å². The minimum atomic E-state index is -3.27. The molecule has 0 atom stereocenters. The van der Waals surface area contributed by atoms with Gasteiger partial charge in [0.2, 0.25) is 10.0 Å². The maximum absolute atomic E-state index is 12.3. The van der Waals surface area contributed by atoms with Crippen LogP contribution in [0.3, 0.4) is 0 Å². The van der Waals surface area contributed by atoms with Gasteiger partial charge in [0.05, 0.1) is 12.9 Å². The molecule has 0 bridgehead atoms. The van der Waals surface area contributed by atoms with Crippen LogP contribution < -0.4 is 4.72 Å². The summed E-state index contributed by atoms with van der Waals surface area (Å²) in [6.07, 6.45) is 3.38. The second-order valence-electron chi connectivity index (χ2n) is 6.76. The number of aromatic amines is 1. The molecule has 0 saturated carbocycles. The molecule has 0 aliphatic carbocycles. The van der Waals surface area contributed by atoms with Gasteiger partial charge >= 0.3 is 5.97 Å². The number of fused-ring (bicyclic) bond motifs is 1. The van der Waals surface area contributed by atoms with Gasteiger partial charge in [-0.3, -0.25) is 0 Å². The molecule has 1 aliphatic rings. The van der Waals surface area contributed by atoms with E-state index < -0.39 is 16.0 Å². The fourth-order valence-corrected chi connectivity index (χ4v) is 4.04. The molecule has 27 heavy (non-hydrogen) atoms. The number of H-pyrrole nitrogens is 1. The van der Waals surface area contributed by atoms with Crippen molar-refractivity contribution in [1.29, 1.82) is 0 Å². The molecule has 0 unspecified atom stereocenters. The molecule has 1 aliphatic heterocycles. The van der Waals surface area contributed by atoms with Crippen LogP contribution in [0.25, 0.3) is 16.5 Å². The summed E-state index contributed by atoms with van der Waals surface area (Å²) in [5.74, 6) is -0.383. The highest BCUT2D eigenvalue weighted by Crippen LogP contribution is 2.33. The van der Waals surface area contributed by atoms with Gasteiger partial charge < -0.3 is 14.6 Å². The molecule has 0 saturated heterocycles. The van der Waals surface area contributed by atoms with Crippen LogP contribution in [0.2, 0.25) is 0 Å². The Morgan fingerprint density at radius 1 is 1.37 bits per heavy atom. The number of rotatable bonds is 6. The van der Waals surface area contributed by atoms with Gasteiger partial charge in [0.15, 0.2) is 0 Å². The Morgan fingerprint density at radius 2 is 2.15 bits per heavy atom. The van der Waals surface area contributed by atoms with Crippen molar-refractivity contribution in [2.75, 3.05) is 40.0 Å². The Balaban J connectivity index is 2.06. The number of hydrogen-bond acceptors (Lipinski definition) is 5. The van der Waals surface area contributed by atoms with E-state index in [0.717, 1.165) is 47.1 Å². The van der Waals surface area contributed by atoms with E-state index in [-0.39, 0.29) is 5.75 Å². The Morgan fingerprint density at radius 3 is 2.78 bits per heavy atom. The molecule has 2 N–H and O–H groups in total. The van der Waals surface area contributed by atoms with Gasteiger partial charge in [0, 0.05) is 29.6 Å². The molecule has 2 heterocycles. The minimum absolute atomic E-state index is 0.0200. The molecule has 0 fully saturated rings. The summed E-state index contributed by atoms with van der Waals surface area (Å²) in [5.41, 5.74) is 4.17. The monoisotopic (exact) mass is 391 g/mol. The first kappa shape index (κ1) is 19.6. The van der Waals surface area contributed by atoms with E-state index in [2.05, 4.69) is 27.7 Å². The van der Waals surface area contributed by atoms with E-state index in [1.54, 1.807) is 0 Å². The van der Waals surface area contributed by atoms with Crippen molar-refractivity contribution in [3.05, 3.63) is 41.1 Å². The predicted molar refractivity (Wildman–Crippen MR) is 106 cm³/mol. The molecule has 1 aromatic carbocycles. The quantitative estimate of drug-likeness (QED) is 0.732. The number of carbonyl (C=O) groups excluding carboxylic acids is 1. The van der Waals surface area contributed by atoms with E-state index >= 15 is 0 Å². The Bertz CT molecular complexity index is 992. The Hall–Kier alpha value is -2.16. The van der Waals surface area contributed by atoms with Gasteiger partial charge in [-0.2, -0.15) is 0 Å². The second-order valence-corrected chi connectivity index (χ2v) is 8.81. The summed E-state index contributed by atoms with van der Waals surface area (Å²) in [5, 5.41) is 0.922. The molecule has 0 spiro atoms. The standard InChI is InChI=1S/C19H25N3O4S/c1-20-27(24,25)11-8-13-4-5-16-15(12-13)17(18(21-16)19(23)26-3)14-6-9-22(2)10-7-14/h4-6,12,20-21H,7-11H2,1-3H3. The molecular formula is C19H25N3O4S. The minimum Gasteiger partial charge on any atom is -0.464 e. The van der Waals surface area contributed by atoms with Gasteiger partial charge in [-0.05, 0) is 50.2 Å². The van der Waals surface area contributed by atoms with Crippen molar-refractivity contribution in [1.82, 2.24) is 14.6 Å². The molecule has 1 aromatic heterocycles. The normalized spacial score (nSPS) is 15.7. The lowest BCUT2D eigenvalue weighted by Gasteiger charge is -2.22. The van der Waals surface area contributed by atoms with E-state index in [0.29, 0.717) is 12.1 Å². The summed E-state index contributed by atoms with van der Waals surface area (Å²) >= 11 is 0. The smallest absolute Gasteiger partial charge is 0.355 e. The van der Waals surface area contributed by atoms with E-state index in [4.69, 9.17) is 4.74 Å². The summed E-state index contributed by atoms with van der Waals surface area (Å²) in [7, 11) is 1.58. The zero-order valence-electron chi connectivity index (χ0n) is 15.8. The fraction of sp³-hybridized carbons (Fsp3) is 0.421. The number of sulfonamides is 1. The molecule has 146 valence electrons. The fourth-order valence-electron chi connectivity index (χ4n) is 3.34. The van der Waals surface area contributed by atoms with Crippen LogP contribution in [-0.2, 0) is 21.2 Å². The highest BCUT2D eigenvalue weighted by Gasteiger charge is 2.23. The van der Waals surface area contributed by atoms with Crippen molar-refractivity contribution < 1.29 is 17.9 Å². The zero-order chi connectivity index (χ0) is 19.6. The predicted octanol–water partition coefficient (Wildman–Crippen LogP) is 1.77. The van der Waals surface area contributed by atoms with Crippen molar-refractivity contribution in [3.63, 3.8) is 0 Å². The number of carbonyl (C=O) groups is 1. The van der Waals surface area contributed by atoms with Gasteiger partial charge in [0.25, 0.3) is 0 Å². The summed E-state index contributed by atoms with van der Waals surface area (Å²) in [6.45, 7) is 1.74. The van der Waals surface area contributed by atoms with E-state index in [1.165, 1.54) is 14.2 Å². The zero-order valence-corrected chi connectivity index (χ0v) is 16.6. The third-order valence-corrected chi connectivity index (χ3v) is 6.32. The number of aromatic nitrogens is 1. The summed E-state index contributed by atoms with van der Waals surface area (Å²) < 4.78 is 30.7. The van der Waals surface area contributed by atoms with Crippen molar-refractivity contribution in [3.8, 4) is 0 Å². The molecule has 3 rings (SSSR count). The SMILES string of the molecule is CNS(=O)(=O)CCc1ccc2[nH]c(C(=O)OC)c(C3=CCN(C)CC3)c2c1. The number of nitrogens with zero attached hydrogens (tertiary/aromatic N) is 1. The largest absolute Gasteiger partial charge is 0.464 e. The Labute approximate surface area is 159 Å². The third-order valence-electron chi connectivity index (χ3n) is 4.96. The average molecular weight is 391 g/mol. The first-order valence-electron chi connectivity index (χ1n) is 8.86. The lowest BCUT2D eigenvalue weighted by molar-refractivity contribution is 0.0594. The number of nitrogens with one attached hydrogen (secondary N) is 2. The highest BCUT2D eigenvalue weighted by molar-refractivity contribution is 7.89. The molecule has 8 heteroatoms. The van der Waals surface area contributed by atoms with Crippen LogP contribution in [0.4, 0.5) is 0 Å². The highest BCUT2D eigenvalue weighted by atomic mass is 32.2. The molecule has 7 nitrogen and oxygen atoms in total. The first-order valence-corrected chi connectivity index (χ1v) is 10.5. The number of aryl methyl sites for hydroxylation is 1. The number of benzene rings is 1.